The lowest BCUT2D eigenvalue weighted by Gasteiger charge is -2.32. The highest BCUT2D eigenvalue weighted by molar-refractivity contribution is 7.90. The van der Waals surface area contributed by atoms with Gasteiger partial charge < -0.3 is 9.29 Å². The van der Waals surface area contributed by atoms with E-state index >= 15 is 0 Å². The molecule has 2 atom stereocenters. The summed E-state index contributed by atoms with van der Waals surface area (Å²) in [4.78, 5) is 30.6. The molecule has 7 nitrogen and oxygen atoms in total. The van der Waals surface area contributed by atoms with Crippen LogP contribution >= 0.6 is 11.3 Å². The van der Waals surface area contributed by atoms with Gasteiger partial charge in [0.1, 0.15) is 16.2 Å². The van der Waals surface area contributed by atoms with E-state index in [9.17, 15) is 18.5 Å². The number of halogens is 1. The van der Waals surface area contributed by atoms with Crippen LogP contribution in [0.15, 0.2) is 29.8 Å². The van der Waals surface area contributed by atoms with E-state index in [1.54, 1.807) is 37.5 Å². The number of benzene rings is 1. The minimum atomic E-state index is -1.26. The number of carbonyl (C=O) groups excluding carboxylic acids is 2. The first-order chi connectivity index (χ1) is 15.6. The number of ketones is 1. The second-order valence-corrected chi connectivity index (χ2v) is 13.2. The Morgan fingerprint density at radius 1 is 1.24 bits per heavy atom. The molecule has 1 unspecified atom stereocenters. The van der Waals surface area contributed by atoms with Crippen molar-refractivity contribution in [2.75, 3.05) is 7.05 Å². The van der Waals surface area contributed by atoms with E-state index in [-0.39, 0.29) is 27.9 Å². The van der Waals surface area contributed by atoms with Gasteiger partial charge in [-0.3, -0.25) is 9.36 Å². The Kier molecular flexibility index (Phi) is 7.29. The number of rotatable bonds is 5. The molecular formula is C24H30FN3O4S2. The molecule has 2 heterocycles. The highest BCUT2D eigenvalue weighted by Crippen LogP contribution is 2.31. The van der Waals surface area contributed by atoms with E-state index < -0.39 is 33.6 Å². The molecule has 0 saturated heterocycles. The fraction of sp³-hybridized carbons (Fsp3) is 0.458. The average Bonchev–Trinajstić information content (AvgIpc) is 3.34. The van der Waals surface area contributed by atoms with Gasteiger partial charge in [-0.25, -0.2) is 14.2 Å². The van der Waals surface area contributed by atoms with Gasteiger partial charge >= 0.3 is 6.09 Å². The Hall–Kier alpha value is -2.27. The zero-order valence-corrected chi connectivity index (χ0v) is 22.3. The van der Waals surface area contributed by atoms with Gasteiger partial charge in [-0.2, -0.15) is 0 Å². The summed E-state index contributed by atoms with van der Waals surface area (Å²) in [5, 5.41) is 2.42. The smallest absolute Gasteiger partial charge is 0.419 e. The molecule has 0 aliphatic rings. The Labute approximate surface area is 206 Å². The van der Waals surface area contributed by atoms with Crippen LogP contribution in [-0.4, -0.2) is 47.7 Å². The van der Waals surface area contributed by atoms with Crippen LogP contribution in [0.5, 0.6) is 0 Å². The van der Waals surface area contributed by atoms with Gasteiger partial charge in [-0.15, -0.1) is 15.6 Å². The van der Waals surface area contributed by atoms with Crippen molar-refractivity contribution in [2.24, 2.45) is 0 Å². The molecule has 2 aromatic heterocycles. The van der Waals surface area contributed by atoms with Gasteiger partial charge in [0, 0.05) is 35.4 Å². The van der Waals surface area contributed by atoms with Crippen molar-refractivity contribution in [3.8, 4) is 0 Å². The third-order valence-electron chi connectivity index (χ3n) is 5.08. The molecule has 0 amide bonds. The van der Waals surface area contributed by atoms with Crippen molar-refractivity contribution in [3.63, 3.8) is 0 Å². The fourth-order valence-electron chi connectivity index (χ4n) is 3.30. The van der Waals surface area contributed by atoms with Crippen molar-refractivity contribution in [1.82, 2.24) is 13.9 Å². The second-order valence-electron chi connectivity index (χ2n) is 10.0. The molecule has 0 spiro atoms. The summed E-state index contributed by atoms with van der Waals surface area (Å²) in [5.74, 6) is -0.920. The van der Waals surface area contributed by atoms with Crippen LogP contribution in [0.1, 0.15) is 75.6 Å². The van der Waals surface area contributed by atoms with E-state index in [1.165, 1.54) is 35.7 Å². The van der Waals surface area contributed by atoms with Crippen LogP contribution in [0.3, 0.4) is 0 Å². The highest BCUT2D eigenvalue weighted by atomic mass is 32.2. The lowest BCUT2D eigenvalue weighted by atomic mass is 10.1. The molecule has 3 rings (SSSR count). The molecule has 0 bridgehead atoms. The number of hydrogen-bond donors (Lipinski definition) is 0. The average molecular weight is 508 g/mol. The van der Waals surface area contributed by atoms with Crippen molar-refractivity contribution in [1.29, 1.82) is 0 Å². The van der Waals surface area contributed by atoms with Gasteiger partial charge in [-0.1, -0.05) is 0 Å². The molecule has 0 N–H and O–H groups in total. The van der Waals surface area contributed by atoms with Crippen molar-refractivity contribution in [2.45, 2.75) is 64.9 Å². The summed E-state index contributed by atoms with van der Waals surface area (Å²) in [5.41, 5.74) is 0.324. The Morgan fingerprint density at radius 3 is 2.47 bits per heavy atom. The van der Waals surface area contributed by atoms with Gasteiger partial charge in [0.25, 0.3) is 0 Å². The van der Waals surface area contributed by atoms with E-state index in [2.05, 4.69) is 4.98 Å². The number of nitrogens with zero attached hydrogens (tertiary/aromatic N) is 3. The molecule has 0 radical (unpaired) electrons. The summed E-state index contributed by atoms with van der Waals surface area (Å²) >= 11 is -0.0877. The SMILES string of the molecule is CC(c1csc(C(=O)c2cn(C(=O)OC(C)(C)C)c3cc(F)ccc23)n1)N(C)[S@@+]([O-])C(C)(C)C. The van der Waals surface area contributed by atoms with Gasteiger partial charge in [0.2, 0.25) is 5.78 Å². The third kappa shape index (κ3) is 5.51. The van der Waals surface area contributed by atoms with Crippen molar-refractivity contribution in [3.05, 3.63) is 51.9 Å². The first-order valence-electron chi connectivity index (χ1n) is 10.8. The van der Waals surface area contributed by atoms with E-state index in [4.69, 9.17) is 4.74 Å². The Morgan fingerprint density at radius 2 is 1.88 bits per heavy atom. The molecule has 0 aliphatic carbocycles. The van der Waals surface area contributed by atoms with Crippen LogP contribution in [0.25, 0.3) is 10.9 Å². The maximum atomic E-state index is 14.0. The maximum Gasteiger partial charge on any atom is 0.419 e. The van der Waals surface area contributed by atoms with Crippen LogP contribution in [-0.2, 0) is 16.1 Å². The monoisotopic (exact) mass is 507 g/mol. The number of fused-ring (bicyclic) bond motifs is 1. The number of hydrogen-bond acceptors (Lipinski definition) is 7. The quantitative estimate of drug-likeness (QED) is 0.325. The summed E-state index contributed by atoms with van der Waals surface area (Å²) in [6, 6.07) is 3.62. The molecule has 0 fully saturated rings. The highest BCUT2D eigenvalue weighted by Gasteiger charge is 2.35. The fourth-order valence-corrected chi connectivity index (χ4v) is 5.42. The zero-order chi connectivity index (χ0) is 25.6. The molecular weight excluding hydrogens is 477 g/mol. The molecule has 3 aromatic rings. The third-order valence-corrected chi connectivity index (χ3v) is 7.82. The minimum absolute atomic E-state index is 0.223. The van der Waals surface area contributed by atoms with Crippen LogP contribution < -0.4 is 0 Å². The first-order valence-corrected chi connectivity index (χ1v) is 12.8. The van der Waals surface area contributed by atoms with Gasteiger partial charge in [0.15, 0.2) is 5.01 Å². The number of thiazole rings is 1. The summed E-state index contributed by atoms with van der Waals surface area (Å²) < 4.78 is 34.6. The normalized spacial score (nSPS) is 14.4. The van der Waals surface area contributed by atoms with Crippen LogP contribution in [0, 0.1) is 5.82 Å². The molecule has 184 valence electrons. The number of carbonyl (C=O) groups is 2. The molecule has 34 heavy (non-hydrogen) atoms. The van der Waals surface area contributed by atoms with Gasteiger partial charge in [-0.05, 0) is 66.7 Å². The second kappa shape index (κ2) is 9.41. The molecule has 0 aliphatic heterocycles. The van der Waals surface area contributed by atoms with Gasteiger partial charge in [0.05, 0.1) is 22.8 Å². The van der Waals surface area contributed by atoms with Crippen LogP contribution in [0.4, 0.5) is 9.18 Å². The molecule has 10 heteroatoms. The largest absolute Gasteiger partial charge is 0.597 e. The Bertz CT molecular complexity index is 1220. The van der Waals surface area contributed by atoms with Crippen LogP contribution in [0.2, 0.25) is 0 Å². The van der Waals surface area contributed by atoms with Crippen molar-refractivity contribution >= 4 is 45.5 Å². The summed E-state index contributed by atoms with van der Waals surface area (Å²) in [7, 11) is 1.76. The van der Waals surface area contributed by atoms with E-state index in [1.807, 2.05) is 27.7 Å². The number of ether oxygens (including phenoxy) is 1. The lowest BCUT2D eigenvalue weighted by molar-refractivity contribution is 0.0544. The topological polar surface area (TPSA) is 87.5 Å². The van der Waals surface area contributed by atoms with E-state index in [0.29, 0.717) is 11.1 Å². The summed E-state index contributed by atoms with van der Waals surface area (Å²) in [6.07, 6.45) is 0.660. The van der Waals surface area contributed by atoms with E-state index in [0.717, 1.165) is 4.57 Å². The standard InChI is InChI=1S/C24H30FN3O4S2/c1-14(27(8)34(31)24(5,6)7)18-13-33-21(26-18)20(29)17-12-28(22(30)32-23(2,3)4)19-11-15(25)9-10-16(17)19/h9-14H,1-8H3/t14?,34-/m0/s1. The predicted octanol–water partition coefficient (Wildman–Crippen LogP) is 5.71. The number of aromatic nitrogens is 2. The lowest BCUT2D eigenvalue weighted by Crippen LogP contribution is -2.42. The molecule has 0 saturated carbocycles. The van der Waals surface area contributed by atoms with Crippen molar-refractivity contribution < 1.29 is 23.3 Å². The minimum Gasteiger partial charge on any atom is -0.597 e. The Balaban J connectivity index is 1.97. The first kappa shape index (κ1) is 26.3. The summed E-state index contributed by atoms with van der Waals surface area (Å²) in [6.45, 7) is 12.7. The molecule has 1 aromatic carbocycles. The maximum absolute atomic E-state index is 14.0. The predicted molar refractivity (Wildman–Crippen MR) is 133 cm³/mol. The zero-order valence-electron chi connectivity index (χ0n) is 20.6.